The number of aryl methyl sites for hydroxylation is 1. The van der Waals surface area contributed by atoms with Crippen LogP contribution in [-0.2, 0) is 28.5 Å². The molecule has 3 atom stereocenters. The predicted molar refractivity (Wildman–Crippen MR) is 124 cm³/mol. The number of carboxylic acid groups (broad SMARTS) is 1. The number of amides is 1. The maximum atomic E-state index is 13.8. The third-order valence-corrected chi connectivity index (χ3v) is 6.94. The number of carbonyl (C=O) groups excluding carboxylic acids is 1. The number of aliphatic carboxylic acids is 1. The first-order valence-electron chi connectivity index (χ1n) is 11.7. The molecule has 3 rings (SSSR count). The van der Waals surface area contributed by atoms with E-state index in [1.165, 1.54) is 32.2 Å². The highest BCUT2D eigenvalue weighted by Gasteiger charge is 2.40. The Bertz CT molecular complexity index is 1160. The fourth-order valence-corrected chi connectivity index (χ4v) is 4.90. The monoisotopic (exact) mass is 548 g/mol. The van der Waals surface area contributed by atoms with E-state index in [0.29, 0.717) is 23.3 Å². The Balaban J connectivity index is 1.93. The number of benzene rings is 2. The predicted octanol–water partition coefficient (Wildman–Crippen LogP) is 5.71. The smallest absolute Gasteiger partial charge is 0.416 e. The van der Waals surface area contributed by atoms with Gasteiger partial charge in [-0.1, -0.05) is 6.07 Å². The summed E-state index contributed by atoms with van der Waals surface area (Å²) in [5, 5.41) is 9.44. The van der Waals surface area contributed by atoms with Gasteiger partial charge in [-0.25, -0.2) is 4.39 Å². The van der Waals surface area contributed by atoms with Crippen molar-refractivity contribution in [2.75, 3.05) is 20.1 Å². The lowest BCUT2D eigenvalue weighted by Gasteiger charge is -2.41. The SMILES string of the molecule is Cc1cc(F)ccc1[C@@H]1CN(C(C)C(=O)O)CC[C@H]1C(=O)N(C)Cc1cc(C(F)(F)F)cc(C(F)(F)F)c1. The minimum absolute atomic E-state index is 0.0258. The van der Waals surface area contributed by atoms with E-state index >= 15 is 0 Å². The number of rotatable bonds is 6. The number of halogens is 7. The Kier molecular flexibility index (Phi) is 8.45. The van der Waals surface area contributed by atoms with Crippen LogP contribution >= 0.6 is 0 Å². The fraction of sp³-hybridized carbons (Fsp3) is 0.462. The summed E-state index contributed by atoms with van der Waals surface area (Å²) in [5.74, 6) is -3.41. The highest BCUT2D eigenvalue weighted by Crippen LogP contribution is 2.38. The average molecular weight is 548 g/mol. The van der Waals surface area contributed by atoms with Gasteiger partial charge in [-0.05, 0) is 73.8 Å². The molecular formula is C26H27F7N2O3. The van der Waals surface area contributed by atoms with Crippen LogP contribution in [0.15, 0.2) is 36.4 Å². The molecule has 38 heavy (non-hydrogen) atoms. The number of carbonyl (C=O) groups is 2. The quantitative estimate of drug-likeness (QED) is 0.470. The molecule has 2 aromatic rings. The number of hydrogen-bond donors (Lipinski definition) is 1. The van der Waals surface area contributed by atoms with Crippen LogP contribution in [0, 0.1) is 18.7 Å². The van der Waals surface area contributed by atoms with Gasteiger partial charge in [-0.15, -0.1) is 0 Å². The minimum atomic E-state index is -5.02. The van der Waals surface area contributed by atoms with Gasteiger partial charge in [0.15, 0.2) is 0 Å². The molecule has 0 aliphatic carbocycles. The molecule has 1 fully saturated rings. The lowest BCUT2D eigenvalue weighted by atomic mass is 9.78. The first-order chi connectivity index (χ1) is 17.5. The molecule has 0 spiro atoms. The molecule has 1 aliphatic heterocycles. The molecule has 12 heteroatoms. The summed E-state index contributed by atoms with van der Waals surface area (Å²) < 4.78 is 93.4. The molecule has 0 bridgehead atoms. The topological polar surface area (TPSA) is 60.9 Å². The molecule has 208 valence electrons. The van der Waals surface area contributed by atoms with Crippen molar-refractivity contribution in [1.82, 2.24) is 9.80 Å². The van der Waals surface area contributed by atoms with Gasteiger partial charge in [-0.2, -0.15) is 26.3 Å². The van der Waals surface area contributed by atoms with Crippen molar-refractivity contribution in [3.8, 4) is 0 Å². The lowest BCUT2D eigenvalue weighted by molar-refractivity contribution is -0.145. The fourth-order valence-electron chi connectivity index (χ4n) is 4.90. The van der Waals surface area contributed by atoms with Crippen LogP contribution in [0.1, 0.15) is 47.1 Å². The molecule has 1 saturated heterocycles. The van der Waals surface area contributed by atoms with Crippen LogP contribution in [0.4, 0.5) is 30.7 Å². The number of nitrogens with zero attached hydrogens (tertiary/aromatic N) is 2. The molecule has 0 radical (unpaired) electrons. The zero-order valence-electron chi connectivity index (χ0n) is 20.8. The molecule has 1 unspecified atom stereocenters. The van der Waals surface area contributed by atoms with Gasteiger partial charge in [0.1, 0.15) is 11.9 Å². The first-order valence-corrected chi connectivity index (χ1v) is 11.7. The molecule has 1 amide bonds. The molecule has 0 aromatic heterocycles. The third kappa shape index (κ3) is 6.64. The normalized spacial score (nSPS) is 19.7. The van der Waals surface area contributed by atoms with Crippen molar-refractivity contribution in [3.05, 3.63) is 70.0 Å². The summed E-state index contributed by atoms with van der Waals surface area (Å²) in [6.45, 7) is 3.01. The van der Waals surface area contributed by atoms with Gasteiger partial charge >= 0.3 is 18.3 Å². The third-order valence-electron chi connectivity index (χ3n) is 6.94. The van der Waals surface area contributed by atoms with Crippen molar-refractivity contribution in [2.24, 2.45) is 5.92 Å². The number of piperidine rings is 1. The van der Waals surface area contributed by atoms with Gasteiger partial charge in [0.2, 0.25) is 5.91 Å². The summed E-state index contributed by atoms with van der Waals surface area (Å²) in [5.41, 5.74) is -2.14. The van der Waals surface area contributed by atoms with Crippen LogP contribution in [-0.4, -0.2) is 53.0 Å². The zero-order valence-corrected chi connectivity index (χ0v) is 20.8. The molecule has 5 nitrogen and oxygen atoms in total. The van der Waals surface area contributed by atoms with Crippen LogP contribution in [0.25, 0.3) is 0 Å². The highest BCUT2D eigenvalue weighted by molar-refractivity contribution is 5.80. The number of alkyl halides is 6. The van der Waals surface area contributed by atoms with Crippen molar-refractivity contribution in [3.63, 3.8) is 0 Å². The lowest BCUT2D eigenvalue weighted by Crippen LogP contribution is -2.50. The number of carboxylic acids is 1. The second-order valence-electron chi connectivity index (χ2n) is 9.62. The Morgan fingerprint density at radius 2 is 1.63 bits per heavy atom. The van der Waals surface area contributed by atoms with Gasteiger partial charge in [0.05, 0.1) is 11.1 Å². The molecule has 1 N–H and O–H groups in total. The Labute approximate surface area is 214 Å². The van der Waals surface area contributed by atoms with E-state index in [4.69, 9.17) is 0 Å². The van der Waals surface area contributed by atoms with Crippen LogP contribution in [0.5, 0.6) is 0 Å². The second kappa shape index (κ2) is 10.9. The zero-order chi connectivity index (χ0) is 28.6. The number of hydrogen-bond acceptors (Lipinski definition) is 3. The van der Waals surface area contributed by atoms with Crippen LogP contribution in [0.2, 0.25) is 0 Å². The van der Waals surface area contributed by atoms with Gasteiger partial charge in [-0.3, -0.25) is 14.5 Å². The summed E-state index contributed by atoms with van der Waals surface area (Å²) in [6.07, 6.45) is -9.84. The Hall–Kier alpha value is -3.15. The largest absolute Gasteiger partial charge is 0.480 e. The van der Waals surface area contributed by atoms with E-state index < -0.39 is 65.6 Å². The van der Waals surface area contributed by atoms with E-state index in [0.717, 1.165) is 4.90 Å². The van der Waals surface area contributed by atoms with E-state index in [1.807, 2.05) is 0 Å². The Morgan fingerprint density at radius 3 is 2.13 bits per heavy atom. The van der Waals surface area contributed by atoms with Crippen molar-refractivity contribution in [2.45, 2.75) is 51.1 Å². The van der Waals surface area contributed by atoms with Crippen molar-refractivity contribution < 1.29 is 45.4 Å². The van der Waals surface area contributed by atoms with E-state index in [1.54, 1.807) is 11.8 Å². The highest BCUT2D eigenvalue weighted by atomic mass is 19.4. The molecule has 0 saturated carbocycles. The molecule has 2 aromatic carbocycles. The Morgan fingerprint density at radius 1 is 1.05 bits per heavy atom. The summed E-state index contributed by atoms with van der Waals surface area (Å²) in [6, 6.07) is 4.33. The van der Waals surface area contributed by atoms with E-state index in [2.05, 4.69) is 0 Å². The molecular weight excluding hydrogens is 521 g/mol. The average Bonchev–Trinajstić information content (AvgIpc) is 2.81. The summed E-state index contributed by atoms with van der Waals surface area (Å²) >= 11 is 0. The van der Waals surface area contributed by atoms with Gasteiger partial charge in [0, 0.05) is 32.0 Å². The molecule has 1 heterocycles. The first kappa shape index (κ1) is 29.4. The summed E-state index contributed by atoms with van der Waals surface area (Å²) in [7, 11) is 1.29. The molecule has 1 aliphatic rings. The van der Waals surface area contributed by atoms with Gasteiger partial charge in [0.25, 0.3) is 0 Å². The second-order valence-corrected chi connectivity index (χ2v) is 9.62. The summed E-state index contributed by atoms with van der Waals surface area (Å²) in [4.78, 5) is 27.8. The van der Waals surface area contributed by atoms with E-state index in [9.17, 15) is 45.4 Å². The minimum Gasteiger partial charge on any atom is -0.480 e. The van der Waals surface area contributed by atoms with E-state index in [-0.39, 0.29) is 31.1 Å². The van der Waals surface area contributed by atoms with Crippen molar-refractivity contribution >= 4 is 11.9 Å². The van der Waals surface area contributed by atoms with Gasteiger partial charge < -0.3 is 10.0 Å². The van der Waals surface area contributed by atoms with Crippen LogP contribution < -0.4 is 0 Å². The number of likely N-dealkylation sites (tertiary alicyclic amines) is 1. The van der Waals surface area contributed by atoms with Crippen molar-refractivity contribution in [1.29, 1.82) is 0 Å². The maximum absolute atomic E-state index is 13.8. The van der Waals surface area contributed by atoms with Crippen LogP contribution in [0.3, 0.4) is 0 Å². The standard InChI is InChI=1S/C26H27F7N2O3/c1-14-8-19(27)4-5-20(14)22-13-35(15(2)24(37)38)7-6-21(22)23(36)34(3)12-16-9-17(25(28,29)30)11-18(10-16)26(31,32)33/h4-5,8-11,15,21-22H,6-7,12-13H2,1-3H3,(H,37,38)/t15?,21-,22+/m1/s1. The maximum Gasteiger partial charge on any atom is 0.416 e.